The third kappa shape index (κ3) is 2.66. The number of carboxylic acid groups (broad SMARTS) is 1. The maximum Gasteiger partial charge on any atom is 0.264 e. The topological polar surface area (TPSA) is 87.6 Å². The Hall–Kier alpha value is -3.22. The highest BCUT2D eigenvalue weighted by atomic mass is 19.1. The van der Waals surface area contributed by atoms with Crippen molar-refractivity contribution < 1.29 is 18.7 Å². The fraction of sp³-hybridized carbons (Fsp3) is 0.200. The van der Waals surface area contributed by atoms with E-state index >= 15 is 0 Å². The Kier molecular flexibility index (Phi) is 3.76. The normalized spacial score (nSPS) is 13.9. The molecule has 0 aliphatic heterocycles. The summed E-state index contributed by atoms with van der Waals surface area (Å²) in [6, 6.07) is 4.75. The number of nitrogens with zero attached hydrogens (tertiary/aromatic N) is 1. The summed E-state index contributed by atoms with van der Waals surface area (Å²) in [7, 11) is 0. The van der Waals surface area contributed by atoms with Crippen LogP contribution in [0, 0.1) is 18.6 Å². The van der Waals surface area contributed by atoms with Gasteiger partial charge in [0.15, 0.2) is 0 Å². The van der Waals surface area contributed by atoms with Crippen molar-refractivity contribution in [3.8, 4) is 11.1 Å². The first-order valence-corrected chi connectivity index (χ1v) is 8.44. The second kappa shape index (κ2) is 5.90. The molecule has 138 valence electrons. The number of nitrogens with two attached hydrogens (primary N) is 1. The smallest absolute Gasteiger partial charge is 0.264 e. The van der Waals surface area contributed by atoms with Gasteiger partial charge < -0.3 is 15.6 Å². The molecule has 0 saturated heterocycles. The zero-order chi connectivity index (χ0) is 19.5. The molecule has 0 amide bonds. The summed E-state index contributed by atoms with van der Waals surface area (Å²) in [6.07, 6.45) is 3.12. The third-order valence-electron chi connectivity index (χ3n) is 5.03. The van der Waals surface area contributed by atoms with Gasteiger partial charge in [0, 0.05) is 17.8 Å². The number of hydrogen-bond donors (Lipinski definition) is 1. The number of halogens is 2. The van der Waals surface area contributed by atoms with Crippen molar-refractivity contribution in [2.45, 2.75) is 25.7 Å². The van der Waals surface area contributed by atoms with Gasteiger partial charge in [0.1, 0.15) is 11.6 Å². The fourth-order valence-corrected chi connectivity index (χ4v) is 3.51. The van der Waals surface area contributed by atoms with E-state index in [0.29, 0.717) is 22.2 Å². The lowest BCUT2D eigenvalue weighted by Gasteiger charge is -2.17. The molecule has 0 atom stereocenters. The molecule has 2 aromatic heterocycles. The Morgan fingerprint density at radius 3 is 2.52 bits per heavy atom. The van der Waals surface area contributed by atoms with E-state index in [2.05, 4.69) is 0 Å². The van der Waals surface area contributed by atoms with Crippen LogP contribution in [0.4, 0.5) is 14.5 Å². The number of aromatic carboxylic acids is 1. The number of fused-ring (bicyclic) bond motifs is 1. The van der Waals surface area contributed by atoms with Crippen molar-refractivity contribution in [3.63, 3.8) is 0 Å². The highest BCUT2D eigenvalue weighted by molar-refractivity contribution is 5.88. The summed E-state index contributed by atoms with van der Waals surface area (Å²) >= 11 is 0. The molecule has 1 fully saturated rings. The molecule has 3 aromatic rings. The molecule has 0 unspecified atom stereocenters. The van der Waals surface area contributed by atoms with Crippen molar-refractivity contribution in [1.29, 1.82) is 0 Å². The first-order chi connectivity index (χ1) is 12.8. The molecule has 0 spiro atoms. The molecule has 2 heterocycles. The largest absolute Gasteiger partial charge is 0.545 e. The van der Waals surface area contributed by atoms with E-state index < -0.39 is 28.7 Å². The Morgan fingerprint density at radius 2 is 1.89 bits per heavy atom. The number of rotatable bonds is 3. The lowest BCUT2D eigenvalue weighted by Crippen LogP contribution is -2.32. The minimum atomic E-state index is -1.54. The molecular weight excluding hydrogens is 354 g/mol. The number of hydrogen-bond acceptors (Lipinski definition) is 4. The van der Waals surface area contributed by atoms with Crippen molar-refractivity contribution in [3.05, 3.63) is 69.1 Å². The number of anilines is 1. The Morgan fingerprint density at radius 1 is 1.19 bits per heavy atom. The van der Waals surface area contributed by atoms with E-state index in [1.807, 2.05) is 0 Å². The lowest BCUT2D eigenvalue weighted by atomic mass is 9.96. The molecule has 7 heteroatoms. The van der Waals surface area contributed by atoms with Gasteiger partial charge in [0.2, 0.25) is 0 Å². The van der Waals surface area contributed by atoms with E-state index in [9.17, 15) is 23.5 Å². The van der Waals surface area contributed by atoms with Crippen LogP contribution in [-0.4, -0.2) is 10.4 Å². The number of carbonyl (C=O) groups excluding carboxylic acids is 1. The molecule has 4 rings (SSSR count). The quantitative estimate of drug-likeness (QED) is 0.718. The van der Waals surface area contributed by atoms with Crippen LogP contribution in [0.3, 0.4) is 0 Å². The Labute approximate surface area is 152 Å². The second-order valence-electron chi connectivity index (χ2n) is 6.81. The van der Waals surface area contributed by atoms with Crippen molar-refractivity contribution in [1.82, 2.24) is 4.40 Å². The van der Waals surface area contributed by atoms with Crippen molar-refractivity contribution in [2.24, 2.45) is 0 Å². The number of aryl methyl sites for hydroxylation is 1. The van der Waals surface area contributed by atoms with Crippen LogP contribution >= 0.6 is 0 Å². The monoisotopic (exact) mass is 369 g/mol. The van der Waals surface area contributed by atoms with Crippen LogP contribution < -0.4 is 16.4 Å². The molecule has 0 radical (unpaired) electrons. The number of aromatic nitrogens is 1. The van der Waals surface area contributed by atoms with Gasteiger partial charge >= 0.3 is 0 Å². The van der Waals surface area contributed by atoms with Crippen LogP contribution in [0.5, 0.6) is 0 Å². The summed E-state index contributed by atoms with van der Waals surface area (Å²) in [4.78, 5) is 23.8. The van der Waals surface area contributed by atoms with Crippen LogP contribution in [-0.2, 0) is 0 Å². The first-order valence-electron chi connectivity index (χ1n) is 8.44. The minimum Gasteiger partial charge on any atom is -0.545 e. The van der Waals surface area contributed by atoms with E-state index in [-0.39, 0.29) is 17.2 Å². The Balaban J connectivity index is 2.07. The number of carbonyl (C=O) groups is 1. The van der Waals surface area contributed by atoms with E-state index in [1.54, 1.807) is 6.92 Å². The standard InChI is InChI=1S/C20H16F2N2O3/c1-9-11(13-7-16(22)17(23)8-15(13)21)4-5-24-18(9)12(10-2-3-10)6-14(19(24)25)20(26)27/h4-8,10H,2-3,23H2,1H3,(H,26,27)/p-1. The molecule has 1 aliphatic carbocycles. The zero-order valence-corrected chi connectivity index (χ0v) is 14.4. The van der Waals surface area contributed by atoms with E-state index in [4.69, 9.17) is 5.73 Å². The average molecular weight is 369 g/mol. The van der Waals surface area contributed by atoms with Gasteiger partial charge in [-0.15, -0.1) is 0 Å². The average Bonchev–Trinajstić information content (AvgIpc) is 3.44. The number of carboxylic acids is 1. The lowest BCUT2D eigenvalue weighted by molar-refractivity contribution is -0.255. The van der Waals surface area contributed by atoms with Gasteiger partial charge in [-0.2, -0.15) is 0 Å². The second-order valence-corrected chi connectivity index (χ2v) is 6.81. The molecule has 1 aliphatic rings. The minimum absolute atomic E-state index is 0.0277. The fourth-order valence-electron chi connectivity index (χ4n) is 3.51. The summed E-state index contributed by atoms with van der Waals surface area (Å²) in [5.74, 6) is -2.83. The summed E-state index contributed by atoms with van der Waals surface area (Å²) in [6.45, 7) is 1.70. The molecule has 0 bridgehead atoms. The number of pyridine rings is 2. The molecule has 5 nitrogen and oxygen atoms in total. The summed E-state index contributed by atoms with van der Waals surface area (Å²) in [5, 5.41) is 11.3. The SMILES string of the molecule is Cc1c(-c2cc(F)c(N)cc2F)ccn2c(=O)c(C(=O)[O-])cc(C3CC3)c12. The van der Waals surface area contributed by atoms with Crippen LogP contribution in [0.15, 0.2) is 35.3 Å². The third-order valence-corrected chi connectivity index (χ3v) is 5.03. The Bertz CT molecular complexity index is 1180. The number of benzene rings is 1. The molecule has 1 aromatic carbocycles. The zero-order valence-electron chi connectivity index (χ0n) is 14.4. The highest BCUT2D eigenvalue weighted by Crippen LogP contribution is 2.43. The maximum absolute atomic E-state index is 14.4. The number of nitrogen functional groups attached to an aromatic ring is 1. The van der Waals surface area contributed by atoms with Crippen molar-refractivity contribution in [2.75, 3.05) is 5.73 Å². The first kappa shape index (κ1) is 17.2. The predicted molar refractivity (Wildman–Crippen MR) is 94.5 cm³/mol. The van der Waals surface area contributed by atoms with E-state index in [1.165, 1.54) is 22.7 Å². The highest BCUT2D eigenvalue weighted by Gasteiger charge is 2.28. The van der Waals surface area contributed by atoms with Crippen LogP contribution in [0.2, 0.25) is 0 Å². The van der Waals surface area contributed by atoms with Gasteiger partial charge in [-0.3, -0.25) is 9.20 Å². The van der Waals surface area contributed by atoms with Gasteiger partial charge in [-0.05, 0) is 60.6 Å². The predicted octanol–water partition coefficient (Wildman–Crippen LogP) is 2.38. The van der Waals surface area contributed by atoms with Crippen molar-refractivity contribution >= 4 is 17.2 Å². The maximum atomic E-state index is 14.4. The molecular formula is C20H15F2N2O3-. The molecule has 1 saturated carbocycles. The molecule has 27 heavy (non-hydrogen) atoms. The molecule has 2 N–H and O–H groups in total. The summed E-state index contributed by atoms with van der Waals surface area (Å²) < 4.78 is 29.5. The van der Waals surface area contributed by atoms with Crippen LogP contribution in [0.1, 0.15) is 40.2 Å². The van der Waals surface area contributed by atoms with Gasteiger partial charge in [0.25, 0.3) is 5.56 Å². The van der Waals surface area contributed by atoms with Gasteiger partial charge in [-0.1, -0.05) is 0 Å². The summed E-state index contributed by atoms with van der Waals surface area (Å²) in [5.41, 5.74) is 6.21. The van der Waals surface area contributed by atoms with Gasteiger partial charge in [0.05, 0.1) is 22.7 Å². The van der Waals surface area contributed by atoms with Gasteiger partial charge in [-0.25, -0.2) is 8.78 Å². The van der Waals surface area contributed by atoms with Crippen LogP contribution in [0.25, 0.3) is 16.6 Å². The van der Waals surface area contributed by atoms with E-state index in [0.717, 1.165) is 25.0 Å².